The van der Waals surface area contributed by atoms with Gasteiger partial charge in [0.05, 0.1) is 23.0 Å². The van der Waals surface area contributed by atoms with Gasteiger partial charge in [-0.25, -0.2) is 13.8 Å². The highest BCUT2D eigenvalue weighted by atomic mass is 35.5. The van der Waals surface area contributed by atoms with Crippen molar-refractivity contribution in [1.82, 2.24) is 20.6 Å². The van der Waals surface area contributed by atoms with E-state index >= 15 is 0 Å². The molecule has 0 aliphatic carbocycles. The Kier molecular flexibility index (Phi) is 7.72. The highest BCUT2D eigenvalue weighted by molar-refractivity contribution is 6.27. The van der Waals surface area contributed by atoms with Gasteiger partial charge in [0.15, 0.2) is 11.6 Å². The average Bonchev–Trinajstić information content (AvgIpc) is 3.28. The van der Waals surface area contributed by atoms with E-state index in [9.17, 15) is 13.6 Å². The van der Waals surface area contributed by atoms with Crippen LogP contribution in [0, 0.1) is 17.0 Å². The molecule has 0 bridgehead atoms. The summed E-state index contributed by atoms with van der Waals surface area (Å²) < 4.78 is 27.3. The summed E-state index contributed by atoms with van der Waals surface area (Å²) in [6.45, 7) is 0.479. The Morgan fingerprint density at radius 1 is 1.03 bits per heavy atom. The van der Waals surface area contributed by atoms with Crippen LogP contribution in [0.25, 0.3) is 22.2 Å². The number of fused-ring (bicyclic) bond motifs is 1. The van der Waals surface area contributed by atoms with Crippen LogP contribution in [0.1, 0.15) is 35.1 Å². The predicted molar refractivity (Wildman–Crippen MR) is 134 cm³/mol. The Morgan fingerprint density at radius 2 is 1.71 bits per heavy atom. The van der Waals surface area contributed by atoms with Crippen molar-refractivity contribution in [2.75, 3.05) is 12.4 Å². The van der Waals surface area contributed by atoms with E-state index in [2.05, 4.69) is 20.6 Å². The predicted octanol–water partition coefficient (Wildman–Crippen LogP) is 5.57. The van der Waals surface area contributed by atoms with E-state index in [1.54, 1.807) is 12.1 Å². The first-order valence-corrected chi connectivity index (χ1v) is 11.7. The second-order valence-electron chi connectivity index (χ2n) is 8.06. The summed E-state index contributed by atoms with van der Waals surface area (Å²) in [5.41, 5.74) is 3.13. The fraction of sp³-hybridized carbons (Fsp3) is 0.192. The second-order valence-corrected chi connectivity index (χ2v) is 8.32. The largest absolute Gasteiger partial charge is 0.373 e. The zero-order chi connectivity index (χ0) is 24.8. The van der Waals surface area contributed by atoms with Gasteiger partial charge in [0.1, 0.15) is 11.7 Å². The lowest BCUT2D eigenvalue weighted by Gasteiger charge is -2.17. The zero-order valence-corrected chi connectivity index (χ0v) is 19.5. The molecule has 0 aliphatic heterocycles. The molecule has 4 N–H and O–H groups in total. The van der Waals surface area contributed by atoms with Gasteiger partial charge in [-0.3, -0.25) is 10.2 Å². The molecule has 0 radical (unpaired) electrons. The molecular weight excluding hydrogens is 472 g/mol. The molecule has 0 saturated carbocycles. The Labute approximate surface area is 206 Å². The standard InChI is InChI=1S/C26H24ClF2N5O/c27-15-24(30)31-12-4-7-21(25-32-22-13-19(28)20(29)14-23(22)33-25)34-26(35)18-10-8-17(9-11-18)16-5-2-1-3-6-16/h1-3,5-6,8-11,13-14,21H,4,7,12,15H2,(H2,30,31)(H,32,33)(H,34,35)/t21-/m0/s1. The minimum absolute atomic E-state index is 0.0832. The van der Waals surface area contributed by atoms with E-state index in [1.165, 1.54) is 0 Å². The zero-order valence-electron chi connectivity index (χ0n) is 18.7. The number of carbonyl (C=O) groups excluding carboxylic acids is 1. The maximum absolute atomic E-state index is 13.7. The van der Waals surface area contributed by atoms with Crippen molar-refractivity contribution in [2.45, 2.75) is 18.9 Å². The number of H-pyrrole nitrogens is 1. The van der Waals surface area contributed by atoms with Crippen LogP contribution < -0.4 is 10.6 Å². The molecule has 9 heteroatoms. The Bertz CT molecular complexity index is 1290. The van der Waals surface area contributed by atoms with Crippen LogP contribution in [-0.2, 0) is 0 Å². The number of amides is 1. The van der Waals surface area contributed by atoms with Crippen molar-refractivity contribution in [3.8, 4) is 11.1 Å². The monoisotopic (exact) mass is 495 g/mol. The maximum atomic E-state index is 13.7. The molecule has 0 aliphatic rings. The molecule has 3 aromatic carbocycles. The number of amidine groups is 1. The number of benzene rings is 3. The molecule has 0 spiro atoms. The average molecular weight is 496 g/mol. The van der Waals surface area contributed by atoms with E-state index < -0.39 is 17.7 Å². The van der Waals surface area contributed by atoms with Crippen LogP contribution >= 0.6 is 11.6 Å². The summed E-state index contributed by atoms with van der Waals surface area (Å²) >= 11 is 5.63. The molecule has 1 aromatic heterocycles. The quantitative estimate of drug-likeness (QED) is 0.106. The molecule has 1 heterocycles. The minimum Gasteiger partial charge on any atom is -0.373 e. The molecule has 4 rings (SSSR count). The van der Waals surface area contributed by atoms with Gasteiger partial charge in [0.2, 0.25) is 0 Å². The molecule has 4 aromatic rings. The van der Waals surface area contributed by atoms with E-state index in [1.807, 2.05) is 42.5 Å². The molecular formula is C26H24ClF2N5O. The van der Waals surface area contributed by atoms with E-state index in [0.717, 1.165) is 23.3 Å². The van der Waals surface area contributed by atoms with Gasteiger partial charge in [0, 0.05) is 24.2 Å². The van der Waals surface area contributed by atoms with Gasteiger partial charge in [-0.1, -0.05) is 42.5 Å². The smallest absolute Gasteiger partial charge is 0.251 e. The number of hydrogen-bond donors (Lipinski definition) is 4. The highest BCUT2D eigenvalue weighted by Gasteiger charge is 2.20. The summed E-state index contributed by atoms with van der Waals surface area (Å²) in [4.78, 5) is 20.4. The Balaban J connectivity index is 1.52. The Morgan fingerprint density at radius 3 is 2.43 bits per heavy atom. The third-order valence-corrected chi connectivity index (χ3v) is 5.84. The molecule has 1 atom stereocenters. The molecule has 1 amide bonds. The number of aromatic amines is 1. The number of rotatable bonds is 9. The van der Waals surface area contributed by atoms with Crippen LogP contribution in [-0.4, -0.2) is 34.1 Å². The van der Waals surface area contributed by atoms with Crippen molar-refractivity contribution in [1.29, 1.82) is 5.41 Å². The molecule has 35 heavy (non-hydrogen) atoms. The summed E-state index contributed by atoms with van der Waals surface area (Å²) in [5.74, 6) is -1.57. The van der Waals surface area contributed by atoms with E-state index in [-0.39, 0.29) is 23.1 Å². The molecule has 180 valence electrons. The van der Waals surface area contributed by atoms with Crippen molar-refractivity contribution in [3.63, 3.8) is 0 Å². The number of alkyl halides is 1. The molecule has 0 fully saturated rings. The fourth-order valence-corrected chi connectivity index (χ4v) is 3.84. The van der Waals surface area contributed by atoms with Gasteiger partial charge in [-0.15, -0.1) is 11.6 Å². The van der Waals surface area contributed by atoms with Crippen molar-refractivity contribution in [2.24, 2.45) is 0 Å². The van der Waals surface area contributed by atoms with Crippen LogP contribution in [0.3, 0.4) is 0 Å². The lowest BCUT2D eigenvalue weighted by molar-refractivity contribution is 0.0932. The lowest BCUT2D eigenvalue weighted by Crippen LogP contribution is -2.31. The van der Waals surface area contributed by atoms with Gasteiger partial charge in [-0.05, 0) is 36.1 Å². The fourth-order valence-electron chi connectivity index (χ4n) is 3.75. The SMILES string of the molecule is N=C(CCl)NCCC[C@H](NC(=O)c1ccc(-c2ccccc2)cc1)c1nc2cc(F)c(F)cc2[nH]1. The third kappa shape index (κ3) is 6.02. The number of imidazole rings is 1. The molecule has 0 saturated heterocycles. The second kappa shape index (κ2) is 11.1. The van der Waals surface area contributed by atoms with Gasteiger partial charge in [-0.2, -0.15) is 0 Å². The number of nitrogens with one attached hydrogen (secondary N) is 4. The first-order chi connectivity index (χ1) is 16.9. The lowest BCUT2D eigenvalue weighted by atomic mass is 10.0. The van der Waals surface area contributed by atoms with Crippen LogP contribution in [0.15, 0.2) is 66.7 Å². The molecule has 6 nitrogen and oxygen atoms in total. The van der Waals surface area contributed by atoms with Crippen LogP contribution in [0.2, 0.25) is 0 Å². The molecule has 0 unspecified atom stereocenters. The summed E-state index contributed by atoms with van der Waals surface area (Å²) in [6.07, 6.45) is 1.07. The summed E-state index contributed by atoms with van der Waals surface area (Å²) in [5, 5.41) is 13.5. The van der Waals surface area contributed by atoms with Crippen LogP contribution in [0.4, 0.5) is 8.78 Å². The van der Waals surface area contributed by atoms with E-state index in [4.69, 9.17) is 17.0 Å². The maximum Gasteiger partial charge on any atom is 0.251 e. The Hall–Kier alpha value is -3.78. The van der Waals surface area contributed by atoms with Gasteiger partial charge >= 0.3 is 0 Å². The minimum atomic E-state index is -0.988. The van der Waals surface area contributed by atoms with Crippen molar-refractivity contribution >= 4 is 34.4 Å². The number of aromatic nitrogens is 2. The van der Waals surface area contributed by atoms with Crippen molar-refractivity contribution < 1.29 is 13.6 Å². The first-order valence-electron chi connectivity index (χ1n) is 11.1. The van der Waals surface area contributed by atoms with E-state index in [0.29, 0.717) is 36.3 Å². The van der Waals surface area contributed by atoms with Gasteiger partial charge < -0.3 is 15.6 Å². The third-order valence-electron chi connectivity index (χ3n) is 5.57. The number of halogens is 3. The first kappa shape index (κ1) is 24.3. The number of nitrogens with zero attached hydrogens (tertiary/aromatic N) is 1. The number of carbonyl (C=O) groups is 1. The normalized spacial score (nSPS) is 11.9. The number of hydrogen-bond acceptors (Lipinski definition) is 3. The van der Waals surface area contributed by atoms with Gasteiger partial charge in [0.25, 0.3) is 5.91 Å². The summed E-state index contributed by atoms with van der Waals surface area (Å²) in [6, 6.07) is 18.6. The highest BCUT2D eigenvalue weighted by Crippen LogP contribution is 2.23. The van der Waals surface area contributed by atoms with Crippen LogP contribution in [0.5, 0.6) is 0 Å². The summed E-state index contributed by atoms with van der Waals surface area (Å²) in [7, 11) is 0. The topological polar surface area (TPSA) is 93.7 Å². The van der Waals surface area contributed by atoms with Crippen molar-refractivity contribution in [3.05, 3.63) is 89.8 Å².